The molecule has 0 fully saturated rings. The van der Waals surface area contributed by atoms with E-state index >= 15 is 0 Å². The Bertz CT molecular complexity index is 431. The van der Waals surface area contributed by atoms with E-state index in [0.29, 0.717) is 6.54 Å². The van der Waals surface area contributed by atoms with Crippen LogP contribution >= 0.6 is 12.8 Å². The van der Waals surface area contributed by atoms with Gasteiger partial charge in [-0.25, -0.2) is 0 Å². The first-order chi connectivity index (χ1) is 7.42. The molecule has 1 N–H and O–H groups in total. The predicted molar refractivity (Wildman–Crippen MR) is 63.3 cm³/mol. The lowest BCUT2D eigenvalue weighted by Gasteiger charge is -2.06. The number of aromatic nitrogens is 2. The Morgan fingerprint density at radius 2 is 2.00 bits per heavy atom. The van der Waals surface area contributed by atoms with Gasteiger partial charge in [-0.2, -0.15) is 10.2 Å². The summed E-state index contributed by atoms with van der Waals surface area (Å²) >= 11 is 4.01. The normalized spacial score (nSPS) is 10.2. The van der Waals surface area contributed by atoms with Crippen LogP contribution in [0.4, 0.5) is 0 Å². The summed E-state index contributed by atoms with van der Waals surface area (Å²) in [5.41, 5.74) is 3.14. The first-order valence-electron chi connectivity index (χ1n) is 4.65. The van der Waals surface area contributed by atoms with E-state index in [-0.39, 0.29) is 0 Å². The number of rotatable bonds is 3. The van der Waals surface area contributed by atoms with Crippen LogP contribution in [-0.2, 0) is 6.54 Å². The second-order valence-electron chi connectivity index (χ2n) is 3.10. The maximum absolute atomic E-state index is 4.09. The molecule has 0 bridgehead atoms. The largest absolute Gasteiger partial charge is 0.262 e. The summed E-state index contributed by atoms with van der Waals surface area (Å²) in [5.74, 6) is 0. The maximum atomic E-state index is 4.09. The molecule has 0 aliphatic carbocycles. The molecule has 0 aliphatic rings. The number of nitrogens with one attached hydrogen (secondary N) is 1. The zero-order valence-corrected chi connectivity index (χ0v) is 8.98. The molecule has 0 radical (unpaired) electrons. The van der Waals surface area contributed by atoms with Crippen LogP contribution in [0.2, 0.25) is 0 Å². The molecule has 0 saturated heterocycles. The summed E-state index contributed by atoms with van der Waals surface area (Å²) in [4.78, 5) is 0. The lowest BCUT2D eigenvalue weighted by molar-refractivity contribution is 0.976. The molecule has 1 aromatic heterocycles. The SMILES string of the molecule is SNCc1ccccc1-c1cccnn1. The van der Waals surface area contributed by atoms with Crippen molar-refractivity contribution in [3.05, 3.63) is 48.2 Å². The van der Waals surface area contributed by atoms with Crippen molar-refractivity contribution >= 4 is 12.8 Å². The fraction of sp³-hybridized carbons (Fsp3) is 0.0909. The molecule has 1 heterocycles. The lowest BCUT2D eigenvalue weighted by Crippen LogP contribution is -2.01. The fourth-order valence-corrected chi connectivity index (χ4v) is 1.63. The van der Waals surface area contributed by atoms with Gasteiger partial charge in [-0.3, -0.25) is 4.72 Å². The minimum Gasteiger partial charge on any atom is -0.262 e. The molecule has 0 saturated carbocycles. The van der Waals surface area contributed by atoms with Gasteiger partial charge in [0.05, 0.1) is 5.69 Å². The number of hydrogen-bond acceptors (Lipinski definition) is 4. The van der Waals surface area contributed by atoms with E-state index in [4.69, 9.17) is 0 Å². The van der Waals surface area contributed by atoms with Crippen molar-refractivity contribution < 1.29 is 0 Å². The Morgan fingerprint density at radius 3 is 2.73 bits per heavy atom. The van der Waals surface area contributed by atoms with E-state index in [1.54, 1.807) is 6.20 Å². The standard InChI is InChI=1S/C11H11N3S/c15-13-8-9-4-1-2-5-10(9)11-6-3-7-12-14-11/h1-7,13,15H,8H2. The quantitative estimate of drug-likeness (QED) is 0.773. The minimum absolute atomic E-state index is 0.704. The monoisotopic (exact) mass is 217 g/mol. The van der Waals surface area contributed by atoms with Crippen molar-refractivity contribution in [2.75, 3.05) is 0 Å². The average Bonchev–Trinajstić information content (AvgIpc) is 2.31. The van der Waals surface area contributed by atoms with E-state index < -0.39 is 0 Å². The third kappa shape index (κ3) is 2.34. The van der Waals surface area contributed by atoms with Crippen LogP contribution in [-0.4, -0.2) is 10.2 Å². The van der Waals surface area contributed by atoms with Crippen molar-refractivity contribution in [2.45, 2.75) is 6.54 Å². The fourth-order valence-electron chi connectivity index (χ4n) is 1.45. The van der Waals surface area contributed by atoms with Gasteiger partial charge >= 0.3 is 0 Å². The maximum Gasteiger partial charge on any atom is 0.0932 e. The summed E-state index contributed by atoms with van der Waals surface area (Å²) in [6, 6.07) is 11.9. The van der Waals surface area contributed by atoms with Crippen LogP contribution in [0.1, 0.15) is 5.56 Å². The van der Waals surface area contributed by atoms with Crippen molar-refractivity contribution in [1.29, 1.82) is 0 Å². The second-order valence-corrected chi connectivity index (χ2v) is 3.42. The Labute approximate surface area is 94.1 Å². The highest BCUT2D eigenvalue weighted by molar-refractivity contribution is 7.78. The molecule has 15 heavy (non-hydrogen) atoms. The van der Waals surface area contributed by atoms with E-state index in [9.17, 15) is 0 Å². The topological polar surface area (TPSA) is 37.8 Å². The first-order valence-corrected chi connectivity index (χ1v) is 5.09. The lowest BCUT2D eigenvalue weighted by atomic mass is 10.0. The van der Waals surface area contributed by atoms with Gasteiger partial charge in [0.15, 0.2) is 0 Å². The number of thiol groups is 1. The van der Waals surface area contributed by atoms with E-state index in [2.05, 4.69) is 27.7 Å². The van der Waals surface area contributed by atoms with Crippen molar-refractivity contribution in [3.63, 3.8) is 0 Å². The average molecular weight is 217 g/mol. The third-order valence-corrected chi connectivity index (χ3v) is 2.29. The van der Waals surface area contributed by atoms with Crippen LogP contribution in [0.25, 0.3) is 11.3 Å². The van der Waals surface area contributed by atoms with Crippen molar-refractivity contribution in [3.8, 4) is 11.3 Å². The number of benzene rings is 1. The first kappa shape index (κ1) is 10.1. The van der Waals surface area contributed by atoms with Crippen LogP contribution in [0.3, 0.4) is 0 Å². The molecule has 0 unspecified atom stereocenters. The molecule has 1 aromatic carbocycles. The summed E-state index contributed by atoms with van der Waals surface area (Å²) in [6.07, 6.45) is 1.67. The molecular formula is C11H11N3S. The van der Waals surface area contributed by atoms with Gasteiger partial charge in [0.25, 0.3) is 0 Å². The summed E-state index contributed by atoms with van der Waals surface area (Å²) in [6.45, 7) is 0.704. The van der Waals surface area contributed by atoms with Crippen LogP contribution < -0.4 is 4.72 Å². The minimum atomic E-state index is 0.704. The highest BCUT2D eigenvalue weighted by Gasteiger charge is 2.04. The number of hydrogen-bond donors (Lipinski definition) is 2. The molecular weight excluding hydrogens is 206 g/mol. The third-order valence-electron chi connectivity index (χ3n) is 2.14. The Kier molecular flexibility index (Phi) is 3.32. The van der Waals surface area contributed by atoms with Crippen molar-refractivity contribution in [2.24, 2.45) is 0 Å². The Morgan fingerprint density at radius 1 is 1.13 bits per heavy atom. The molecule has 0 atom stereocenters. The summed E-state index contributed by atoms with van der Waals surface area (Å²) in [5, 5.41) is 7.96. The zero-order chi connectivity index (χ0) is 10.5. The van der Waals surface area contributed by atoms with Gasteiger partial charge in [0, 0.05) is 18.3 Å². The zero-order valence-electron chi connectivity index (χ0n) is 8.09. The van der Waals surface area contributed by atoms with Gasteiger partial charge in [0.2, 0.25) is 0 Å². The molecule has 2 aromatic rings. The summed E-state index contributed by atoms with van der Waals surface area (Å²) in [7, 11) is 0. The Hall–Kier alpha value is -1.39. The predicted octanol–water partition coefficient (Wildman–Crippen LogP) is 2.08. The second kappa shape index (κ2) is 4.91. The molecule has 76 valence electrons. The van der Waals surface area contributed by atoms with E-state index in [1.165, 1.54) is 0 Å². The van der Waals surface area contributed by atoms with Crippen molar-refractivity contribution in [1.82, 2.24) is 14.9 Å². The molecule has 3 nitrogen and oxygen atoms in total. The number of nitrogens with zero attached hydrogens (tertiary/aromatic N) is 2. The smallest absolute Gasteiger partial charge is 0.0932 e. The Balaban J connectivity index is 2.43. The van der Waals surface area contributed by atoms with Crippen LogP contribution in [0, 0.1) is 0 Å². The van der Waals surface area contributed by atoms with Gasteiger partial charge < -0.3 is 0 Å². The molecule has 4 heteroatoms. The molecule has 0 spiro atoms. The highest BCUT2D eigenvalue weighted by atomic mass is 32.1. The van der Waals surface area contributed by atoms with Crippen LogP contribution in [0.15, 0.2) is 42.6 Å². The molecule has 0 amide bonds. The van der Waals surface area contributed by atoms with Gasteiger partial charge in [-0.1, -0.05) is 37.1 Å². The molecule has 0 aliphatic heterocycles. The van der Waals surface area contributed by atoms with Gasteiger partial charge in [-0.05, 0) is 17.7 Å². The summed E-state index contributed by atoms with van der Waals surface area (Å²) < 4.78 is 2.84. The molecule has 2 rings (SSSR count). The van der Waals surface area contributed by atoms with E-state index in [1.807, 2.05) is 36.4 Å². The van der Waals surface area contributed by atoms with E-state index in [0.717, 1.165) is 16.8 Å². The van der Waals surface area contributed by atoms with Gasteiger partial charge in [0.1, 0.15) is 0 Å². The van der Waals surface area contributed by atoms with Gasteiger partial charge in [-0.15, -0.1) is 0 Å². The van der Waals surface area contributed by atoms with Crippen LogP contribution in [0.5, 0.6) is 0 Å². The highest BCUT2D eigenvalue weighted by Crippen LogP contribution is 2.20.